The number of hydrogen-bond acceptors (Lipinski definition) is 3. The highest BCUT2D eigenvalue weighted by atomic mass is 19.1. The van der Waals surface area contributed by atoms with Crippen LogP contribution in [-0.4, -0.2) is 50.3 Å². The summed E-state index contributed by atoms with van der Waals surface area (Å²) in [5.41, 5.74) is 0. The molecule has 0 aliphatic carbocycles. The first-order chi connectivity index (χ1) is 10.5. The number of carbonyl (C=O) groups excluding carboxylic acids is 1. The summed E-state index contributed by atoms with van der Waals surface area (Å²) in [7, 11) is 2.02. The van der Waals surface area contributed by atoms with Gasteiger partial charge in [0.1, 0.15) is 12.4 Å². The number of halogens is 2. The molecule has 1 atom stereocenters. The van der Waals surface area contributed by atoms with E-state index < -0.39 is 11.6 Å². The maximum atomic E-state index is 13.3. The van der Waals surface area contributed by atoms with E-state index in [1.54, 1.807) is 0 Å². The van der Waals surface area contributed by atoms with E-state index in [1.807, 2.05) is 7.05 Å². The Balaban J connectivity index is 1.64. The molecule has 0 spiro atoms. The first kappa shape index (κ1) is 16.5. The molecule has 1 aliphatic rings. The van der Waals surface area contributed by atoms with Gasteiger partial charge in [-0.1, -0.05) is 0 Å². The summed E-state index contributed by atoms with van der Waals surface area (Å²) < 4.78 is 31.2. The van der Waals surface area contributed by atoms with Crippen LogP contribution in [0, 0.1) is 11.6 Å². The number of nitrogens with zero attached hydrogens (tertiary/aromatic N) is 1. The van der Waals surface area contributed by atoms with Crippen LogP contribution in [0.25, 0.3) is 0 Å². The fraction of sp³-hybridized carbons (Fsp3) is 0.533. The molecule has 1 fully saturated rings. The minimum absolute atomic E-state index is 0.0301. The number of carbonyl (C=O) groups is 1. The molecule has 5 nitrogen and oxygen atoms in total. The fourth-order valence-corrected chi connectivity index (χ4v) is 2.44. The van der Waals surface area contributed by atoms with Crippen LogP contribution in [0.3, 0.4) is 0 Å². The van der Waals surface area contributed by atoms with Crippen LogP contribution in [-0.2, 0) is 0 Å². The van der Waals surface area contributed by atoms with E-state index in [9.17, 15) is 13.6 Å². The van der Waals surface area contributed by atoms with Crippen LogP contribution in [0.2, 0.25) is 0 Å². The minimum atomic E-state index is -0.755. The van der Waals surface area contributed by atoms with Gasteiger partial charge in [-0.25, -0.2) is 13.6 Å². The molecule has 1 aromatic rings. The van der Waals surface area contributed by atoms with Crippen LogP contribution in [0.5, 0.6) is 5.75 Å². The summed E-state index contributed by atoms with van der Waals surface area (Å²) in [4.78, 5) is 13.9. The molecule has 0 radical (unpaired) electrons. The van der Waals surface area contributed by atoms with Crippen molar-refractivity contribution in [3.05, 3.63) is 29.8 Å². The van der Waals surface area contributed by atoms with E-state index in [0.717, 1.165) is 38.1 Å². The molecule has 0 bridgehead atoms. The molecule has 7 heteroatoms. The average molecular weight is 313 g/mol. The largest absolute Gasteiger partial charge is 0.489 e. The second-order valence-corrected chi connectivity index (χ2v) is 5.42. The zero-order valence-electron chi connectivity index (χ0n) is 12.6. The number of urea groups is 1. The third kappa shape index (κ3) is 5.14. The Morgan fingerprint density at radius 3 is 3.00 bits per heavy atom. The zero-order chi connectivity index (χ0) is 15.9. The van der Waals surface area contributed by atoms with E-state index in [-0.39, 0.29) is 31.0 Å². The highest BCUT2D eigenvalue weighted by molar-refractivity contribution is 5.74. The number of benzene rings is 1. The van der Waals surface area contributed by atoms with Crippen molar-refractivity contribution in [2.24, 2.45) is 0 Å². The smallest absolute Gasteiger partial charge is 0.315 e. The lowest BCUT2D eigenvalue weighted by molar-refractivity contribution is 0.207. The summed E-state index contributed by atoms with van der Waals surface area (Å²) in [6.45, 7) is 2.24. The van der Waals surface area contributed by atoms with Gasteiger partial charge >= 0.3 is 6.03 Å². The number of hydrogen-bond donors (Lipinski definition) is 2. The molecule has 0 unspecified atom stereocenters. The highest BCUT2D eigenvalue weighted by Gasteiger charge is 2.18. The lowest BCUT2D eigenvalue weighted by Crippen LogP contribution is -2.50. The summed E-state index contributed by atoms with van der Waals surface area (Å²) >= 11 is 0. The monoisotopic (exact) mass is 313 g/mol. The quantitative estimate of drug-likeness (QED) is 0.814. The van der Waals surface area contributed by atoms with Gasteiger partial charge in [-0.05, 0) is 38.6 Å². The third-order valence-electron chi connectivity index (χ3n) is 3.50. The Bertz CT molecular complexity index is 514. The van der Waals surface area contributed by atoms with Gasteiger partial charge in [0.05, 0.1) is 6.54 Å². The Hall–Kier alpha value is -1.89. The first-order valence-electron chi connectivity index (χ1n) is 7.35. The van der Waals surface area contributed by atoms with Crippen molar-refractivity contribution < 1.29 is 18.3 Å². The Morgan fingerprint density at radius 2 is 2.27 bits per heavy atom. The predicted octanol–water partition coefficient (Wildman–Crippen LogP) is 1.74. The molecule has 1 aromatic carbocycles. The summed E-state index contributed by atoms with van der Waals surface area (Å²) in [5.74, 6) is -1.44. The normalized spacial score (nSPS) is 18.8. The molecule has 2 amide bonds. The molecule has 2 rings (SSSR count). The molecule has 2 N–H and O–H groups in total. The number of nitrogens with one attached hydrogen (secondary N) is 2. The van der Waals surface area contributed by atoms with Crippen LogP contribution in [0.4, 0.5) is 13.6 Å². The molecule has 22 heavy (non-hydrogen) atoms. The van der Waals surface area contributed by atoms with E-state index in [0.29, 0.717) is 0 Å². The van der Waals surface area contributed by atoms with Crippen LogP contribution >= 0.6 is 0 Å². The van der Waals surface area contributed by atoms with Crippen molar-refractivity contribution in [3.8, 4) is 5.75 Å². The van der Waals surface area contributed by atoms with Crippen LogP contribution in [0.1, 0.15) is 12.8 Å². The molecular formula is C15H21F2N3O2. The number of rotatable bonds is 5. The van der Waals surface area contributed by atoms with Crippen LogP contribution in [0.15, 0.2) is 18.2 Å². The number of likely N-dealkylation sites (N-methyl/N-ethyl adjacent to an activating group) is 1. The number of amides is 2. The molecule has 122 valence electrons. The van der Waals surface area contributed by atoms with Gasteiger partial charge in [0.15, 0.2) is 11.6 Å². The number of likely N-dealkylation sites (tertiary alicyclic amines) is 1. The maximum absolute atomic E-state index is 13.3. The predicted molar refractivity (Wildman–Crippen MR) is 78.9 cm³/mol. The third-order valence-corrected chi connectivity index (χ3v) is 3.50. The molecular weight excluding hydrogens is 292 g/mol. The van der Waals surface area contributed by atoms with Crippen molar-refractivity contribution in [2.45, 2.75) is 18.9 Å². The second-order valence-electron chi connectivity index (χ2n) is 5.42. The van der Waals surface area contributed by atoms with Gasteiger partial charge in [-0.2, -0.15) is 0 Å². The molecule has 0 saturated carbocycles. The molecule has 1 aliphatic heterocycles. The number of ether oxygens (including phenoxy) is 1. The van der Waals surface area contributed by atoms with Gasteiger partial charge in [0.2, 0.25) is 0 Å². The highest BCUT2D eigenvalue weighted by Crippen LogP contribution is 2.17. The first-order valence-corrected chi connectivity index (χ1v) is 7.35. The van der Waals surface area contributed by atoms with E-state index in [2.05, 4.69) is 15.5 Å². The van der Waals surface area contributed by atoms with Crippen molar-refractivity contribution >= 4 is 6.03 Å². The maximum Gasteiger partial charge on any atom is 0.315 e. The molecule has 1 heterocycles. The Labute approximate surface area is 128 Å². The lowest BCUT2D eigenvalue weighted by atomic mass is 10.1. The summed E-state index contributed by atoms with van der Waals surface area (Å²) in [5, 5.41) is 5.55. The van der Waals surface area contributed by atoms with E-state index in [4.69, 9.17) is 4.74 Å². The Morgan fingerprint density at radius 1 is 1.45 bits per heavy atom. The average Bonchev–Trinajstić information content (AvgIpc) is 2.45. The van der Waals surface area contributed by atoms with Gasteiger partial charge in [0, 0.05) is 18.7 Å². The van der Waals surface area contributed by atoms with Gasteiger partial charge in [0.25, 0.3) is 0 Å². The van der Waals surface area contributed by atoms with Crippen molar-refractivity contribution in [3.63, 3.8) is 0 Å². The Kier molecular flexibility index (Phi) is 5.94. The SMILES string of the molecule is CN1CCC[C@@H](NC(=O)NCCOc2ccc(F)cc2F)C1. The lowest BCUT2D eigenvalue weighted by Gasteiger charge is -2.30. The van der Waals surface area contributed by atoms with Gasteiger partial charge in [-0.3, -0.25) is 0 Å². The minimum Gasteiger partial charge on any atom is -0.489 e. The standard InChI is InChI=1S/C15H21F2N3O2/c1-20-7-2-3-12(10-20)19-15(21)18-6-8-22-14-5-4-11(16)9-13(14)17/h4-5,9,12H,2-3,6-8,10H2,1H3,(H2,18,19,21)/t12-/m1/s1. The van der Waals surface area contributed by atoms with Crippen molar-refractivity contribution in [1.82, 2.24) is 15.5 Å². The second kappa shape index (κ2) is 7.93. The van der Waals surface area contributed by atoms with Gasteiger partial charge < -0.3 is 20.3 Å². The van der Waals surface area contributed by atoms with E-state index in [1.165, 1.54) is 6.07 Å². The molecule has 1 saturated heterocycles. The van der Waals surface area contributed by atoms with Crippen molar-refractivity contribution in [1.29, 1.82) is 0 Å². The molecule has 0 aromatic heterocycles. The van der Waals surface area contributed by atoms with Crippen LogP contribution < -0.4 is 15.4 Å². The zero-order valence-corrected chi connectivity index (χ0v) is 12.6. The van der Waals surface area contributed by atoms with Crippen molar-refractivity contribution in [2.75, 3.05) is 33.3 Å². The van der Waals surface area contributed by atoms with Gasteiger partial charge in [-0.15, -0.1) is 0 Å². The number of piperidine rings is 1. The van der Waals surface area contributed by atoms with E-state index >= 15 is 0 Å². The fourth-order valence-electron chi connectivity index (χ4n) is 2.44. The topological polar surface area (TPSA) is 53.6 Å². The summed E-state index contributed by atoms with van der Waals surface area (Å²) in [6.07, 6.45) is 2.03. The summed E-state index contributed by atoms with van der Waals surface area (Å²) in [6, 6.07) is 2.99.